The summed E-state index contributed by atoms with van der Waals surface area (Å²) < 4.78 is 0. The molecule has 0 aromatic heterocycles. The molecule has 0 saturated carbocycles. The predicted molar refractivity (Wildman–Crippen MR) is 37.8 cm³/mol. The summed E-state index contributed by atoms with van der Waals surface area (Å²) in [5.41, 5.74) is -0.0243. The number of hydrogen-bond donors (Lipinski definition) is 4. The molecule has 0 aliphatic heterocycles. The van der Waals surface area contributed by atoms with Gasteiger partial charge in [-0.05, 0) is 6.92 Å². The van der Waals surface area contributed by atoms with Gasteiger partial charge in [-0.2, -0.15) is 0 Å². The van der Waals surface area contributed by atoms with Crippen molar-refractivity contribution in [1.29, 1.82) is 0 Å². The van der Waals surface area contributed by atoms with Crippen molar-refractivity contribution in [1.82, 2.24) is 5.32 Å². The van der Waals surface area contributed by atoms with Crippen molar-refractivity contribution >= 4 is 11.9 Å². The highest BCUT2D eigenvalue weighted by Crippen LogP contribution is 1.96. The lowest BCUT2D eigenvalue weighted by molar-refractivity contribution is -0.214. The van der Waals surface area contributed by atoms with Crippen LogP contribution in [-0.2, 0) is 9.59 Å². The van der Waals surface area contributed by atoms with Crippen LogP contribution in [0.2, 0.25) is 0 Å². The molecule has 0 bridgehead atoms. The number of nitrogens with one attached hydrogen (secondary N) is 1. The average Bonchev–Trinajstić information content (AvgIpc) is 1.85. The number of amides is 1. The summed E-state index contributed by atoms with van der Waals surface area (Å²) in [6.07, 6.45) is 0. The van der Waals surface area contributed by atoms with Crippen LogP contribution in [0.25, 0.3) is 0 Å². The first-order valence-corrected chi connectivity index (χ1v) is 2.93. The Morgan fingerprint density at radius 1 is 1.42 bits per heavy atom. The summed E-state index contributed by atoms with van der Waals surface area (Å²) in [5.74, 6) is -6.14. The minimum Gasteiger partial charge on any atom is -0.476 e. The first-order chi connectivity index (χ1) is 5.27. The highest BCUT2D eigenvalue weighted by Gasteiger charge is 2.35. The van der Waals surface area contributed by atoms with Gasteiger partial charge < -0.3 is 15.3 Å². The summed E-state index contributed by atoms with van der Waals surface area (Å²) in [6, 6.07) is 0. The molecule has 6 heteroatoms. The number of rotatable bonds is 3. The van der Waals surface area contributed by atoms with Crippen molar-refractivity contribution in [3.8, 4) is 0 Å². The fraction of sp³-hybridized carbons (Fsp3) is 0.333. The summed E-state index contributed by atoms with van der Waals surface area (Å²) in [5, 5.41) is 26.7. The molecule has 0 unspecified atom stereocenters. The van der Waals surface area contributed by atoms with Crippen LogP contribution in [0, 0.1) is 0 Å². The molecular weight excluding hydrogens is 166 g/mol. The van der Waals surface area contributed by atoms with Gasteiger partial charge in [0.25, 0.3) is 5.91 Å². The van der Waals surface area contributed by atoms with E-state index in [-0.39, 0.29) is 5.57 Å². The summed E-state index contributed by atoms with van der Waals surface area (Å²) in [7, 11) is 0. The molecule has 68 valence electrons. The molecule has 0 spiro atoms. The molecule has 1 amide bonds. The molecular formula is C6H9NO5. The molecule has 0 rings (SSSR count). The number of carbonyl (C=O) groups excluding carboxylic acids is 1. The Labute approximate surface area is 68.1 Å². The van der Waals surface area contributed by atoms with Gasteiger partial charge in [0.05, 0.1) is 0 Å². The van der Waals surface area contributed by atoms with Crippen LogP contribution >= 0.6 is 0 Å². The van der Waals surface area contributed by atoms with Crippen molar-refractivity contribution in [3.05, 3.63) is 12.2 Å². The topological polar surface area (TPSA) is 107 Å². The quantitative estimate of drug-likeness (QED) is 0.305. The molecule has 0 aromatic rings. The molecule has 6 nitrogen and oxygen atoms in total. The van der Waals surface area contributed by atoms with Gasteiger partial charge in [-0.3, -0.25) is 10.1 Å². The van der Waals surface area contributed by atoms with Gasteiger partial charge in [0.2, 0.25) is 0 Å². The summed E-state index contributed by atoms with van der Waals surface area (Å²) in [6.45, 7) is 4.47. The second-order valence-corrected chi connectivity index (χ2v) is 2.21. The smallest absolute Gasteiger partial charge is 0.387 e. The van der Waals surface area contributed by atoms with Gasteiger partial charge in [-0.25, -0.2) is 4.79 Å². The van der Waals surface area contributed by atoms with E-state index in [1.807, 2.05) is 0 Å². The van der Waals surface area contributed by atoms with Gasteiger partial charge in [0, 0.05) is 5.57 Å². The number of hydrogen-bond acceptors (Lipinski definition) is 4. The molecule has 0 fully saturated rings. The lowest BCUT2D eigenvalue weighted by Gasteiger charge is -2.17. The largest absolute Gasteiger partial charge is 0.476 e. The third-order valence-electron chi connectivity index (χ3n) is 0.974. The van der Waals surface area contributed by atoms with Crippen LogP contribution in [-0.4, -0.2) is 33.1 Å². The van der Waals surface area contributed by atoms with E-state index in [4.69, 9.17) is 15.3 Å². The van der Waals surface area contributed by atoms with Crippen LogP contribution in [0.5, 0.6) is 0 Å². The number of aliphatic carboxylic acids is 1. The zero-order chi connectivity index (χ0) is 9.94. The monoisotopic (exact) mass is 175 g/mol. The van der Waals surface area contributed by atoms with E-state index < -0.39 is 17.8 Å². The normalized spacial score (nSPS) is 10.6. The molecule has 12 heavy (non-hydrogen) atoms. The van der Waals surface area contributed by atoms with E-state index in [0.717, 1.165) is 0 Å². The number of carboxylic acid groups (broad SMARTS) is 1. The number of carboxylic acids is 1. The van der Waals surface area contributed by atoms with Gasteiger partial charge in [0.15, 0.2) is 0 Å². The van der Waals surface area contributed by atoms with Crippen molar-refractivity contribution in [3.63, 3.8) is 0 Å². The second-order valence-electron chi connectivity index (χ2n) is 2.21. The second kappa shape index (κ2) is 3.33. The van der Waals surface area contributed by atoms with Gasteiger partial charge in [0.1, 0.15) is 0 Å². The Bertz CT molecular complexity index is 232. The maximum absolute atomic E-state index is 10.7. The molecule has 0 aliphatic carbocycles. The lowest BCUT2D eigenvalue weighted by atomic mass is 10.3. The van der Waals surface area contributed by atoms with Gasteiger partial charge >= 0.3 is 11.9 Å². The van der Waals surface area contributed by atoms with E-state index >= 15 is 0 Å². The minimum atomic E-state index is -3.24. The fourth-order valence-corrected chi connectivity index (χ4v) is 0.318. The van der Waals surface area contributed by atoms with Crippen LogP contribution < -0.4 is 5.32 Å². The van der Waals surface area contributed by atoms with E-state index in [2.05, 4.69) is 6.58 Å². The van der Waals surface area contributed by atoms with Crippen molar-refractivity contribution in [2.45, 2.75) is 12.8 Å². The maximum atomic E-state index is 10.7. The lowest BCUT2D eigenvalue weighted by Crippen LogP contribution is -2.54. The summed E-state index contributed by atoms with van der Waals surface area (Å²) >= 11 is 0. The molecule has 0 heterocycles. The SMILES string of the molecule is C=C(C)C(=O)NC(O)(O)C(=O)O. The van der Waals surface area contributed by atoms with E-state index in [0.29, 0.717) is 0 Å². The Kier molecular flexibility index (Phi) is 2.94. The first kappa shape index (κ1) is 10.6. The standard InChI is InChI=1S/C6H9NO5/c1-3(2)4(8)7-6(11,12)5(9)10/h11-12H,1H2,2H3,(H,7,8)(H,9,10). The molecule has 0 saturated heterocycles. The third-order valence-corrected chi connectivity index (χ3v) is 0.974. The zero-order valence-corrected chi connectivity index (χ0v) is 6.37. The van der Waals surface area contributed by atoms with Gasteiger partial charge in [-0.1, -0.05) is 6.58 Å². The van der Waals surface area contributed by atoms with Crippen molar-refractivity contribution in [2.75, 3.05) is 0 Å². The summed E-state index contributed by atoms with van der Waals surface area (Å²) in [4.78, 5) is 20.7. The third kappa shape index (κ3) is 2.69. The highest BCUT2D eigenvalue weighted by atomic mass is 16.6. The first-order valence-electron chi connectivity index (χ1n) is 2.93. The van der Waals surface area contributed by atoms with Crippen LogP contribution in [0.15, 0.2) is 12.2 Å². The molecule has 0 aromatic carbocycles. The van der Waals surface area contributed by atoms with Crippen LogP contribution in [0.1, 0.15) is 6.92 Å². The molecule has 0 atom stereocenters. The Morgan fingerprint density at radius 2 is 1.83 bits per heavy atom. The fourth-order valence-electron chi connectivity index (χ4n) is 0.318. The molecule has 4 N–H and O–H groups in total. The maximum Gasteiger partial charge on any atom is 0.387 e. The van der Waals surface area contributed by atoms with Crippen LogP contribution in [0.4, 0.5) is 0 Å². The number of aliphatic hydroxyl groups is 2. The van der Waals surface area contributed by atoms with Crippen LogP contribution in [0.3, 0.4) is 0 Å². The number of carbonyl (C=O) groups is 2. The average molecular weight is 175 g/mol. The van der Waals surface area contributed by atoms with E-state index in [1.165, 1.54) is 12.2 Å². The van der Waals surface area contributed by atoms with Crippen molar-refractivity contribution in [2.24, 2.45) is 0 Å². The Hall–Kier alpha value is -1.40. The highest BCUT2D eigenvalue weighted by molar-refractivity contribution is 5.95. The Morgan fingerprint density at radius 3 is 2.08 bits per heavy atom. The Balaban J connectivity index is 4.35. The van der Waals surface area contributed by atoms with E-state index in [1.54, 1.807) is 0 Å². The van der Waals surface area contributed by atoms with Gasteiger partial charge in [-0.15, -0.1) is 0 Å². The molecule has 0 radical (unpaired) electrons. The van der Waals surface area contributed by atoms with Crippen molar-refractivity contribution < 1.29 is 24.9 Å². The predicted octanol–water partition coefficient (Wildman–Crippen LogP) is -1.60. The zero-order valence-electron chi connectivity index (χ0n) is 6.37. The van der Waals surface area contributed by atoms with E-state index in [9.17, 15) is 9.59 Å². The minimum absolute atomic E-state index is 0.0243. The molecule has 0 aliphatic rings.